The Hall–Kier alpha value is -2.77. The molecule has 35 heavy (non-hydrogen) atoms. The van der Waals surface area contributed by atoms with E-state index in [1.807, 2.05) is 55.5 Å². The first-order chi connectivity index (χ1) is 16.8. The van der Waals surface area contributed by atoms with E-state index < -0.39 is 23.3 Å². The summed E-state index contributed by atoms with van der Waals surface area (Å²) in [6.45, 7) is 2.02. The predicted molar refractivity (Wildman–Crippen MR) is 133 cm³/mol. The Labute approximate surface area is 212 Å². The molecule has 6 rings (SSSR count). The smallest absolute Gasteiger partial charge is 0.323 e. The van der Waals surface area contributed by atoms with Crippen molar-refractivity contribution in [2.24, 2.45) is 29.1 Å². The number of rotatable bonds is 3. The molecule has 2 saturated heterocycles. The normalized spacial score (nSPS) is 36.9. The number of hydrogen-bond acceptors (Lipinski definition) is 5. The van der Waals surface area contributed by atoms with Gasteiger partial charge < -0.3 is 4.74 Å². The molecule has 0 unspecified atom stereocenters. The van der Waals surface area contributed by atoms with Crippen LogP contribution in [0.5, 0.6) is 0 Å². The first-order valence-electron chi connectivity index (χ1n) is 12.0. The third-order valence-electron chi connectivity index (χ3n) is 8.83. The highest BCUT2D eigenvalue weighted by molar-refractivity contribution is 9.10. The number of allylic oxidation sites excluding steroid dienone is 2. The van der Waals surface area contributed by atoms with Crippen LogP contribution in [0.2, 0.25) is 0 Å². The van der Waals surface area contributed by atoms with Gasteiger partial charge in [0.25, 0.3) is 0 Å². The molecule has 0 spiro atoms. The van der Waals surface area contributed by atoms with Gasteiger partial charge in [0.1, 0.15) is 6.04 Å². The standard InChI is InChI=1S/C28H27BrN2O4/c1-14-4-6-15(7-5-14)20-24(27(34)35-3)30-23(16-8-10-17(29)11-9-16)21-18-12-13-28(20,21)22-19(18)25(32)31(2)26(22)33/h4-13,18-24,30H,1-3H3/t18-,19+,20-,21+,22-,23+,24+,28+/m0/s1. The van der Waals surface area contributed by atoms with Gasteiger partial charge in [0.2, 0.25) is 11.8 Å². The van der Waals surface area contributed by atoms with Crippen LogP contribution in [0.1, 0.15) is 28.7 Å². The Balaban J connectivity index is 1.60. The highest BCUT2D eigenvalue weighted by atomic mass is 79.9. The average molecular weight is 535 g/mol. The Kier molecular flexibility index (Phi) is 5.10. The van der Waals surface area contributed by atoms with Crippen molar-refractivity contribution in [3.63, 3.8) is 0 Å². The number of amides is 2. The first kappa shape index (κ1) is 22.7. The van der Waals surface area contributed by atoms with E-state index in [1.165, 1.54) is 12.0 Å². The lowest BCUT2D eigenvalue weighted by Gasteiger charge is -2.52. The molecule has 2 aliphatic carbocycles. The maximum Gasteiger partial charge on any atom is 0.323 e. The molecular weight excluding hydrogens is 508 g/mol. The van der Waals surface area contributed by atoms with E-state index in [0.29, 0.717) is 0 Å². The molecule has 4 aliphatic rings. The number of carbonyl (C=O) groups excluding carboxylic acids is 3. The van der Waals surface area contributed by atoms with Crippen LogP contribution in [0, 0.1) is 36.0 Å². The maximum absolute atomic E-state index is 13.6. The van der Waals surface area contributed by atoms with Gasteiger partial charge in [-0.1, -0.05) is 70.0 Å². The van der Waals surface area contributed by atoms with Gasteiger partial charge in [-0.2, -0.15) is 0 Å². The van der Waals surface area contributed by atoms with Crippen LogP contribution in [-0.4, -0.2) is 42.9 Å². The van der Waals surface area contributed by atoms with Crippen molar-refractivity contribution < 1.29 is 19.1 Å². The largest absolute Gasteiger partial charge is 0.468 e. The van der Waals surface area contributed by atoms with Crippen LogP contribution in [0.25, 0.3) is 0 Å². The zero-order chi connectivity index (χ0) is 24.6. The summed E-state index contributed by atoms with van der Waals surface area (Å²) in [5.74, 6) is -2.03. The van der Waals surface area contributed by atoms with Gasteiger partial charge >= 0.3 is 5.97 Å². The number of halogens is 1. The highest BCUT2D eigenvalue weighted by Crippen LogP contribution is 2.72. The van der Waals surface area contributed by atoms with Gasteiger partial charge in [-0.3, -0.25) is 24.6 Å². The summed E-state index contributed by atoms with van der Waals surface area (Å²) in [6.07, 6.45) is 4.28. The number of imide groups is 1. The molecule has 7 heteroatoms. The number of esters is 1. The van der Waals surface area contributed by atoms with E-state index >= 15 is 0 Å². The summed E-state index contributed by atoms with van der Waals surface area (Å²) < 4.78 is 6.27. The minimum Gasteiger partial charge on any atom is -0.468 e. The molecule has 2 aromatic carbocycles. The fraction of sp³-hybridized carbons (Fsp3) is 0.393. The number of fused-ring (bicyclic) bond motifs is 2. The number of carbonyl (C=O) groups is 3. The van der Waals surface area contributed by atoms with Gasteiger partial charge in [-0.25, -0.2) is 0 Å². The average Bonchev–Trinajstić information content (AvgIpc) is 3.47. The van der Waals surface area contributed by atoms with Crippen molar-refractivity contribution in [1.82, 2.24) is 10.2 Å². The third kappa shape index (κ3) is 2.94. The minimum absolute atomic E-state index is 0.0486. The molecule has 0 radical (unpaired) electrons. The zero-order valence-corrected chi connectivity index (χ0v) is 21.4. The van der Waals surface area contributed by atoms with Gasteiger partial charge in [-0.05, 0) is 42.0 Å². The lowest BCUT2D eigenvalue weighted by molar-refractivity contribution is -0.150. The van der Waals surface area contributed by atoms with Crippen LogP contribution in [0.3, 0.4) is 0 Å². The van der Waals surface area contributed by atoms with Crippen LogP contribution in [0.15, 0.2) is 65.2 Å². The van der Waals surface area contributed by atoms with Crippen LogP contribution in [-0.2, 0) is 19.1 Å². The van der Waals surface area contributed by atoms with Crippen LogP contribution in [0.4, 0.5) is 0 Å². The highest BCUT2D eigenvalue weighted by Gasteiger charge is 2.76. The molecular formula is C28H27BrN2O4. The topological polar surface area (TPSA) is 75.7 Å². The van der Waals surface area contributed by atoms with Crippen LogP contribution >= 0.6 is 15.9 Å². The Bertz CT molecular complexity index is 1260. The summed E-state index contributed by atoms with van der Waals surface area (Å²) in [5.41, 5.74) is 2.42. The maximum atomic E-state index is 13.6. The monoisotopic (exact) mass is 534 g/mol. The summed E-state index contributed by atoms with van der Waals surface area (Å²) in [4.78, 5) is 41.6. The minimum atomic E-state index is -0.691. The van der Waals surface area contributed by atoms with E-state index in [4.69, 9.17) is 4.74 Å². The number of nitrogens with zero attached hydrogens (tertiary/aromatic N) is 1. The quantitative estimate of drug-likeness (QED) is 0.368. The third-order valence-corrected chi connectivity index (χ3v) is 9.36. The second kappa shape index (κ2) is 7.87. The van der Waals surface area contributed by atoms with E-state index in [2.05, 4.69) is 33.4 Å². The summed E-state index contributed by atoms with van der Waals surface area (Å²) >= 11 is 3.51. The number of benzene rings is 2. The SMILES string of the molecule is COC(=O)[C@@H]1N[C@H](c2ccc(Br)cc2)[C@H]2[C@H]3C=C[C@@]2([C@@H]2C(=O)N(C)C(=O)[C@H]32)[C@H]1c1ccc(C)cc1. The molecule has 1 N–H and O–H groups in total. The molecule has 6 nitrogen and oxygen atoms in total. The molecule has 8 atom stereocenters. The molecule has 2 aromatic rings. The Morgan fingerprint density at radius 3 is 2.31 bits per heavy atom. The number of hydrogen-bond donors (Lipinski definition) is 1. The van der Waals surface area contributed by atoms with Gasteiger partial charge in [-0.15, -0.1) is 0 Å². The predicted octanol–water partition coefficient (Wildman–Crippen LogP) is 3.76. The van der Waals surface area contributed by atoms with Gasteiger partial charge in [0, 0.05) is 28.9 Å². The number of aryl methyl sites for hydroxylation is 1. The van der Waals surface area contributed by atoms with E-state index in [9.17, 15) is 14.4 Å². The fourth-order valence-electron chi connectivity index (χ4n) is 7.50. The van der Waals surface area contributed by atoms with Gasteiger partial charge in [0.05, 0.1) is 18.9 Å². The number of piperidine rings is 1. The summed E-state index contributed by atoms with van der Waals surface area (Å²) in [6, 6.07) is 15.3. The molecule has 3 fully saturated rings. The fourth-order valence-corrected chi connectivity index (χ4v) is 7.77. The molecule has 2 amide bonds. The van der Waals surface area contributed by atoms with Crippen molar-refractivity contribution in [1.29, 1.82) is 0 Å². The second-order valence-corrected chi connectivity index (χ2v) is 11.2. The molecule has 2 heterocycles. The van der Waals surface area contributed by atoms with E-state index in [0.717, 1.165) is 21.2 Å². The number of likely N-dealkylation sites (tertiary alicyclic amines) is 1. The van der Waals surface area contributed by atoms with E-state index in [-0.39, 0.29) is 41.6 Å². The van der Waals surface area contributed by atoms with Crippen molar-refractivity contribution in [2.45, 2.75) is 24.9 Å². The van der Waals surface area contributed by atoms with Crippen molar-refractivity contribution in [3.8, 4) is 0 Å². The molecule has 1 saturated carbocycles. The number of ether oxygens (including phenoxy) is 1. The molecule has 180 valence electrons. The second-order valence-electron chi connectivity index (χ2n) is 10.3. The summed E-state index contributed by atoms with van der Waals surface area (Å²) in [7, 11) is 2.98. The van der Waals surface area contributed by atoms with Crippen molar-refractivity contribution in [3.05, 3.63) is 81.8 Å². The van der Waals surface area contributed by atoms with Gasteiger partial charge in [0.15, 0.2) is 0 Å². The molecule has 2 aliphatic heterocycles. The van der Waals surface area contributed by atoms with E-state index in [1.54, 1.807) is 7.05 Å². The van der Waals surface area contributed by atoms with Crippen LogP contribution < -0.4 is 5.32 Å². The Morgan fingerprint density at radius 1 is 1.00 bits per heavy atom. The number of methoxy groups -OCH3 is 1. The zero-order valence-electron chi connectivity index (χ0n) is 19.8. The lowest BCUT2D eigenvalue weighted by atomic mass is 9.55. The summed E-state index contributed by atoms with van der Waals surface area (Å²) in [5, 5.41) is 3.63. The molecule has 0 aromatic heterocycles. The van der Waals surface area contributed by atoms with Crippen molar-refractivity contribution in [2.75, 3.05) is 14.2 Å². The van der Waals surface area contributed by atoms with Crippen molar-refractivity contribution >= 4 is 33.7 Å². The lowest BCUT2D eigenvalue weighted by Crippen LogP contribution is -2.60. The first-order valence-corrected chi connectivity index (χ1v) is 12.8. The number of nitrogens with one attached hydrogen (secondary N) is 1. The Morgan fingerprint density at radius 2 is 1.66 bits per heavy atom. The molecule has 2 bridgehead atoms.